The van der Waals surface area contributed by atoms with Gasteiger partial charge in [-0.2, -0.15) is 13.2 Å². The largest absolute Gasteiger partial charge is 0.506 e. The van der Waals surface area contributed by atoms with Gasteiger partial charge >= 0.3 is 12.1 Å². The van der Waals surface area contributed by atoms with Gasteiger partial charge in [-0.25, -0.2) is 0 Å². The molecule has 0 heterocycles. The van der Waals surface area contributed by atoms with Crippen molar-refractivity contribution in [1.29, 1.82) is 0 Å². The Balaban J connectivity index is 3.00. The molecule has 0 fully saturated rings. The van der Waals surface area contributed by atoms with Gasteiger partial charge in [0.05, 0.1) is 5.69 Å². The molecule has 0 radical (unpaired) electrons. The van der Waals surface area contributed by atoms with Crippen LogP contribution < -0.4 is 5.32 Å². The number of hydrogen-bond acceptors (Lipinski definition) is 2. The molecular weight excluding hydrogens is 247 g/mol. The van der Waals surface area contributed by atoms with E-state index >= 15 is 0 Å². The molecule has 0 aliphatic carbocycles. The summed E-state index contributed by atoms with van der Waals surface area (Å²) in [6, 6.07) is 2.52. The van der Waals surface area contributed by atoms with Crippen LogP contribution in [0.15, 0.2) is 12.1 Å². The number of nitrogens with one attached hydrogen (secondary N) is 1. The molecule has 0 unspecified atom stereocenters. The number of halogens is 4. The van der Waals surface area contributed by atoms with Gasteiger partial charge in [0.15, 0.2) is 0 Å². The smallest absolute Gasteiger partial charge is 0.471 e. The average molecular weight is 254 g/mol. The number of phenolic OH excluding ortho intramolecular Hbond substituents is 1. The van der Waals surface area contributed by atoms with Crippen LogP contribution in [0.1, 0.15) is 5.56 Å². The van der Waals surface area contributed by atoms with Crippen molar-refractivity contribution in [2.75, 3.05) is 5.32 Å². The van der Waals surface area contributed by atoms with Gasteiger partial charge in [0.1, 0.15) is 10.8 Å². The molecule has 1 aromatic rings. The Hall–Kier alpha value is -1.43. The van der Waals surface area contributed by atoms with Gasteiger partial charge < -0.3 is 10.4 Å². The van der Waals surface area contributed by atoms with Crippen molar-refractivity contribution in [3.8, 4) is 5.75 Å². The second-order valence-corrected chi connectivity index (χ2v) is 3.42. The van der Waals surface area contributed by atoms with Gasteiger partial charge in [0, 0.05) is 0 Å². The fraction of sp³-hybridized carbons (Fsp3) is 0.222. The zero-order valence-corrected chi connectivity index (χ0v) is 8.78. The zero-order chi connectivity index (χ0) is 12.5. The van der Waals surface area contributed by atoms with E-state index in [4.69, 9.17) is 11.6 Å². The normalized spacial score (nSPS) is 11.3. The number of benzene rings is 1. The summed E-state index contributed by atoms with van der Waals surface area (Å²) in [7, 11) is 0. The molecule has 0 atom stereocenters. The summed E-state index contributed by atoms with van der Waals surface area (Å²) in [5.74, 6) is -2.50. The highest BCUT2D eigenvalue weighted by molar-refractivity contribution is 6.35. The van der Waals surface area contributed by atoms with Crippen LogP contribution in [0.25, 0.3) is 0 Å². The molecule has 1 amide bonds. The van der Waals surface area contributed by atoms with Gasteiger partial charge in [-0.1, -0.05) is 17.7 Å². The summed E-state index contributed by atoms with van der Waals surface area (Å²) in [5, 5.41) is 10.6. The first-order valence-electron chi connectivity index (χ1n) is 4.09. The Bertz CT molecular complexity index is 431. The van der Waals surface area contributed by atoms with Crippen molar-refractivity contribution in [3.63, 3.8) is 0 Å². The first-order chi connectivity index (χ1) is 7.23. The summed E-state index contributed by atoms with van der Waals surface area (Å²) in [5.41, 5.74) is 0.113. The van der Waals surface area contributed by atoms with Crippen molar-refractivity contribution in [2.24, 2.45) is 0 Å². The summed E-state index contributed by atoms with van der Waals surface area (Å²) in [6.45, 7) is 1.52. The summed E-state index contributed by atoms with van der Waals surface area (Å²) < 4.78 is 35.8. The van der Waals surface area contributed by atoms with E-state index in [0.29, 0.717) is 5.56 Å². The quantitative estimate of drug-likeness (QED) is 0.808. The van der Waals surface area contributed by atoms with Gasteiger partial charge in [-0.15, -0.1) is 0 Å². The van der Waals surface area contributed by atoms with Crippen molar-refractivity contribution in [3.05, 3.63) is 22.7 Å². The van der Waals surface area contributed by atoms with Crippen LogP contribution in [0.5, 0.6) is 5.75 Å². The molecule has 0 saturated carbocycles. The minimum absolute atomic E-state index is 0.285. The molecule has 0 bridgehead atoms. The Morgan fingerprint density at radius 2 is 2.00 bits per heavy atom. The number of phenols is 1. The van der Waals surface area contributed by atoms with Crippen LogP contribution in [0.3, 0.4) is 0 Å². The maximum Gasteiger partial charge on any atom is 0.471 e. The van der Waals surface area contributed by atoms with Crippen LogP contribution >= 0.6 is 11.6 Å². The van der Waals surface area contributed by atoms with E-state index in [1.54, 1.807) is 5.32 Å². The van der Waals surface area contributed by atoms with Gasteiger partial charge in [-0.05, 0) is 18.6 Å². The average Bonchev–Trinajstić information content (AvgIpc) is 2.17. The van der Waals surface area contributed by atoms with Crippen molar-refractivity contribution >= 4 is 23.2 Å². The SMILES string of the molecule is Cc1ccc(NC(=O)C(F)(F)F)c(Cl)c1O. The third kappa shape index (κ3) is 2.57. The van der Waals surface area contributed by atoms with Crippen molar-refractivity contribution in [2.45, 2.75) is 13.1 Å². The highest BCUT2D eigenvalue weighted by Gasteiger charge is 2.39. The molecule has 0 spiro atoms. The molecule has 1 aromatic carbocycles. The second kappa shape index (κ2) is 4.21. The van der Waals surface area contributed by atoms with E-state index in [9.17, 15) is 23.1 Å². The maximum atomic E-state index is 11.9. The molecule has 3 nitrogen and oxygen atoms in total. The van der Waals surface area contributed by atoms with E-state index < -0.39 is 12.1 Å². The molecule has 0 aliphatic rings. The molecule has 1 rings (SSSR count). The summed E-state index contributed by atoms with van der Waals surface area (Å²) in [4.78, 5) is 10.6. The predicted molar refractivity (Wildman–Crippen MR) is 52.5 cm³/mol. The minimum Gasteiger partial charge on any atom is -0.506 e. The number of rotatable bonds is 1. The van der Waals surface area contributed by atoms with Gasteiger partial charge in [0.25, 0.3) is 0 Å². The Labute approximate surface area is 93.8 Å². The van der Waals surface area contributed by atoms with Crippen molar-refractivity contribution < 1.29 is 23.1 Å². The Morgan fingerprint density at radius 1 is 1.44 bits per heavy atom. The van der Waals surface area contributed by atoms with E-state index in [0.717, 1.165) is 0 Å². The lowest BCUT2D eigenvalue weighted by Gasteiger charge is -2.11. The number of hydrogen-bond donors (Lipinski definition) is 2. The van der Waals surface area contributed by atoms with Crippen LogP contribution in [-0.4, -0.2) is 17.2 Å². The number of amides is 1. The Kier molecular flexibility index (Phi) is 3.32. The van der Waals surface area contributed by atoms with Crippen LogP contribution in [-0.2, 0) is 4.79 Å². The molecule has 7 heteroatoms. The van der Waals surface area contributed by atoms with Gasteiger partial charge in [-0.3, -0.25) is 4.79 Å². The topological polar surface area (TPSA) is 49.3 Å². The fourth-order valence-corrected chi connectivity index (χ4v) is 1.21. The molecule has 16 heavy (non-hydrogen) atoms. The van der Waals surface area contributed by atoms with Crippen molar-refractivity contribution in [1.82, 2.24) is 0 Å². The van der Waals surface area contributed by atoms with E-state index in [1.807, 2.05) is 0 Å². The highest BCUT2D eigenvalue weighted by Crippen LogP contribution is 2.34. The number of carbonyl (C=O) groups excluding carboxylic acids is 1. The number of anilines is 1. The number of carbonyl (C=O) groups is 1. The van der Waals surface area contributed by atoms with Crippen LogP contribution in [0.2, 0.25) is 5.02 Å². The first-order valence-corrected chi connectivity index (χ1v) is 4.47. The molecule has 0 aliphatic heterocycles. The highest BCUT2D eigenvalue weighted by atomic mass is 35.5. The number of aryl methyl sites for hydroxylation is 1. The van der Waals surface area contributed by atoms with E-state index in [-0.39, 0.29) is 16.5 Å². The number of aromatic hydroxyl groups is 1. The summed E-state index contributed by atoms with van der Waals surface area (Å²) >= 11 is 5.56. The molecule has 2 N–H and O–H groups in total. The predicted octanol–water partition coefficient (Wildman–Crippen LogP) is 2.85. The fourth-order valence-electron chi connectivity index (χ4n) is 0.951. The standard InChI is InChI=1S/C9H7ClF3NO2/c1-4-2-3-5(6(10)7(4)15)14-8(16)9(11,12)13/h2-3,15H,1H3,(H,14,16). The number of alkyl halides is 3. The molecule has 88 valence electrons. The van der Waals surface area contributed by atoms with Crippen LogP contribution in [0.4, 0.5) is 18.9 Å². The lowest BCUT2D eigenvalue weighted by atomic mass is 10.2. The monoisotopic (exact) mass is 253 g/mol. The summed E-state index contributed by atoms with van der Waals surface area (Å²) in [6.07, 6.45) is -5.00. The second-order valence-electron chi connectivity index (χ2n) is 3.04. The van der Waals surface area contributed by atoms with Crippen LogP contribution in [0, 0.1) is 6.92 Å². The maximum absolute atomic E-state index is 11.9. The van der Waals surface area contributed by atoms with Gasteiger partial charge in [0.2, 0.25) is 0 Å². The lowest BCUT2D eigenvalue weighted by Crippen LogP contribution is -2.30. The molecule has 0 saturated heterocycles. The molecule has 0 aromatic heterocycles. The Morgan fingerprint density at radius 3 is 2.50 bits per heavy atom. The van der Waals surface area contributed by atoms with E-state index in [2.05, 4.69) is 0 Å². The third-order valence-electron chi connectivity index (χ3n) is 1.82. The molecular formula is C9H7ClF3NO2. The zero-order valence-electron chi connectivity index (χ0n) is 8.02. The van der Waals surface area contributed by atoms with E-state index in [1.165, 1.54) is 19.1 Å². The first kappa shape index (κ1) is 12.6. The third-order valence-corrected chi connectivity index (χ3v) is 2.21. The lowest BCUT2D eigenvalue weighted by molar-refractivity contribution is -0.167. The minimum atomic E-state index is -5.00.